The third kappa shape index (κ3) is 2.30. The van der Waals surface area contributed by atoms with Crippen LogP contribution in [0.1, 0.15) is 9.67 Å². The third-order valence-electron chi connectivity index (χ3n) is 2.20. The summed E-state index contributed by atoms with van der Waals surface area (Å²) in [5.74, 6) is -0.830. The number of nitro benzene ring substituents is 1. The summed E-state index contributed by atoms with van der Waals surface area (Å²) in [5.41, 5.74) is -0.541. The molecule has 1 aromatic heterocycles. The molecule has 2 aromatic rings. The molecule has 0 radical (unpaired) electrons. The lowest BCUT2D eigenvalue weighted by Crippen LogP contribution is -2.11. The van der Waals surface area contributed by atoms with Crippen molar-refractivity contribution in [1.29, 1.82) is 0 Å². The fraction of sp³-hybridized carbons (Fsp3) is 0. The predicted octanol–water partition coefficient (Wildman–Crippen LogP) is 2.61. The summed E-state index contributed by atoms with van der Waals surface area (Å²) in [4.78, 5) is 22.3. The lowest BCUT2D eigenvalue weighted by atomic mass is 10.2. The van der Waals surface area contributed by atoms with Crippen LogP contribution >= 0.6 is 11.3 Å². The standard InChI is InChI=1S/C11H8N2O4S/c14-8-4-1-3-7(13(16)17)10(8)12-11(15)9-5-2-6-18-9/h1-6,14H,(H,12,15). The zero-order valence-corrected chi connectivity index (χ0v) is 9.81. The number of nitrogens with one attached hydrogen (secondary N) is 1. The second-order valence-corrected chi connectivity index (χ2v) is 4.31. The quantitative estimate of drug-likeness (QED) is 0.506. The van der Waals surface area contributed by atoms with Gasteiger partial charge in [0.1, 0.15) is 5.75 Å². The zero-order chi connectivity index (χ0) is 13.1. The Morgan fingerprint density at radius 2 is 2.11 bits per heavy atom. The van der Waals surface area contributed by atoms with E-state index >= 15 is 0 Å². The van der Waals surface area contributed by atoms with Crippen LogP contribution in [0, 0.1) is 10.1 Å². The van der Waals surface area contributed by atoms with E-state index in [1.807, 2.05) is 0 Å². The first-order valence-electron chi connectivity index (χ1n) is 4.91. The van der Waals surface area contributed by atoms with E-state index in [1.54, 1.807) is 17.5 Å². The molecule has 18 heavy (non-hydrogen) atoms. The van der Waals surface area contributed by atoms with Gasteiger partial charge in [0.2, 0.25) is 0 Å². The van der Waals surface area contributed by atoms with Crippen molar-refractivity contribution >= 4 is 28.6 Å². The van der Waals surface area contributed by atoms with Gasteiger partial charge in [0.15, 0.2) is 5.69 Å². The van der Waals surface area contributed by atoms with Crippen molar-refractivity contribution in [3.8, 4) is 5.75 Å². The maximum atomic E-state index is 11.8. The Balaban J connectivity index is 2.34. The number of nitro groups is 1. The number of thiophene rings is 1. The Morgan fingerprint density at radius 1 is 1.33 bits per heavy atom. The van der Waals surface area contributed by atoms with Gasteiger partial charge in [-0.15, -0.1) is 11.3 Å². The normalized spacial score (nSPS) is 10.0. The maximum absolute atomic E-state index is 11.8. The number of rotatable bonds is 3. The average Bonchev–Trinajstić information content (AvgIpc) is 2.85. The number of nitrogens with zero attached hydrogens (tertiary/aromatic N) is 1. The lowest BCUT2D eigenvalue weighted by molar-refractivity contribution is -0.384. The molecule has 0 fully saturated rings. The lowest BCUT2D eigenvalue weighted by Gasteiger charge is -2.06. The molecule has 0 saturated heterocycles. The van der Waals surface area contributed by atoms with Gasteiger partial charge in [0.25, 0.3) is 11.6 Å². The topological polar surface area (TPSA) is 92.5 Å². The van der Waals surface area contributed by atoms with Gasteiger partial charge >= 0.3 is 0 Å². The molecule has 0 unspecified atom stereocenters. The van der Waals surface area contributed by atoms with Crippen LogP contribution in [-0.4, -0.2) is 15.9 Å². The number of hydrogen-bond donors (Lipinski definition) is 2. The maximum Gasteiger partial charge on any atom is 0.296 e. The first kappa shape index (κ1) is 12.1. The van der Waals surface area contributed by atoms with Crippen molar-refractivity contribution in [2.24, 2.45) is 0 Å². The molecule has 0 saturated carbocycles. The number of carbonyl (C=O) groups excluding carboxylic acids is 1. The number of benzene rings is 1. The fourth-order valence-electron chi connectivity index (χ4n) is 1.39. The monoisotopic (exact) mass is 264 g/mol. The molecule has 2 rings (SSSR count). The number of carbonyl (C=O) groups is 1. The zero-order valence-electron chi connectivity index (χ0n) is 8.99. The van der Waals surface area contributed by atoms with Gasteiger partial charge in [-0.1, -0.05) is 12.1 Å². The summed E-state index contributed by atoms with van der Waals surface area (Å²) >= 11 is 1.21. The van der Waals surface area contributed by atoms with Crippen molar-refractivity contribution in [3.05, 3.63) is 50.7 Å². The van der Waals surface area contributed by atoms with Crippen LogP contribution in [-0.2, 0) is 0 Å². The molecular weight excluding hydrogens is 256 g/mol. The Bertz CT molecular complexity index is 595. The van der Waals surface area contributed by atoms with Crippen LogP contribution in [0.15, 0.2) is 35.7 Å². The van der Waals surface area contributed by atoms with E-state index in [2.05, 4.69) is 5.32 Å². The van der Waals surface area contributed by atoms with E-state index in [0.717, 1.165) is 0 Å². The van der Waals surface area contributed by atoms with Gasteiger partial charge in [-0.25, -0.2) is 0 Å². The van der Waals surface area contributed by atoms with E-state index in [9.17, 15) is 20.0 Å². The molecule has 0 atom stereocenters. The van der Waals surface area contributed by atoms with Crippen molar-refractivity contribution in [2.45, 2.75) is 0 Å². The highest BCUT2D eigenvalue weighted by Crippen LogP contribution is 2.33. The van der Waals surface area contributed by atoms with Gasteiger partial charge in [0, 0.05) is 6.07 Å². The average molecular weight is 264 g/mol. The molecule has 2 N–H and O–H groups in total. The SMILES string of the molecule is O=C(Nc1c(O)cccc1[N+](=O)[O-])c1cccs1. The first-order valence-corrected chi connectivity index (χ1v) is 5.79. The largest absolute Gasteiger partial charge is 0.505 e. The number of anilines is 1. The highest BCUT2D eigenvalue weighted by molar-refractivity contribution is 7.12. The van der Waals surface area contributed by atoms with E-state index < -0.39 is 10.8 Å². The number of phenolic OH excluding ortho intramolecular Hbond substituents is 1. The van der Waals surface area contributed by atoms with Gasteiger partial charge < -0.3 is 10.4 Å². The number of aromatic hydroxyl groups is 1. The second-order valence-electron chi connectivity index (χ2n) is 3.36. The molecule has 0 spiro atoms. The number of amides is 1. The molecule has 1 aromatic carbocycles. The Hall–Kier alpha value is -2.41. The van der Waals surface area contributed by atoms with Crippen LogP contribution in [0.3, 0.4) is 0 Å². The second kappa shape index (κ2) is 4.84. The van der Waals surface area contributed by atoms with E-state index in [4.69, 9.17) is 0 Å². The van der Waals surface area contributed by atoms with E-state index in [0.29, 0.717) is 4.88 Å². The molecule has 0 bridgehead atoms. The van der Waals surface area contributed by atoms with Crippen molar-refractivity contribution in [3.63, 3.8) is 0 Å². The Morgan fingerprint density at radius 3 is 2.72 bits per heavy atom. The minimum atomic E-state index is -0.663. The molecule has 0 aliphatic rings. The number of hydrogen-bond acceptors (Lipinski definition) is 5. The summed E-state index contributed by atoms with van der Waals surface area (Å²) in [7, 11) is 0. The van der Waals surface area contributed by atoms with Gasteiger partial charge in [-0.3, -0.25) is 14.9 Å². The molecule has 0 aliphatic carbocycles. The summed E-state index contributed by atoms with van der Waals surface area (Å²) in [6, 6.07) is 7.11. The fourth-order valence-corrected chi connectivity index (χ4v) is 2.01. The molecule has 7 heteroatoms. The minimum Gasteiger partial charge on any atom is -0.505 e. The highest BCUT2D eigenvalue weighted by Gasteiger charge is 2.20. The van der Waals surface area contributed by atoms with Crippen LogP contribution in [0.2, 0.25) is 0 Å². The summed E-state index contributed by atoms with van der Waals surface area (Å²) in [6.45, 7) is 0. The first-order chi connectivity index (χ1) is 8.59. The molecule has 0 aliphatic heterocycles. The Kier molecular flexibility index (Phi) is 3.24. The van der Waals surface area contributed by atoms with Crippen LogP contribution in [0.25, 0.3) is 0 Å². The molecule has 6 nitrogen and oxygen atoms in total. The van der Waals surface area contributed by atoms with Crippen LogP contribution in [0.4, 0.5) is 11.4 Å². The highest BCUT2D eigenvalue weighted by atomic mass is 32.1. The summed E-state index contributed by atoms with van der Waals surface area (Å²) < 4.78 is 0. The third-order valence-corrected chi connectivity index (χ3v) is 3.07. The van der Waals surface area contributed by atoms with Gasteiger partial charge in [-0.2, -0.15) is 0 Å². The summed E-state index contributed by atoms with van der Waals surface area (Å²) in [5, 5.41) is 24.4. The number of para-hydroxylation sites is 1. The Labute approximate surface area is 106 Å². The van der Waals surface area contributed by atoms with E-state index in [1.165, 1.54) is 29.5 Å². The summed E-state index contributed by atoms with van der Waals surface area (Å²) in [6.07, 6.45) is 0. The van der Waals surface area contributed by atoms with Gasteiger partial charge in [-0.05, 0) is 17.5 Å². The minimum absolute atomic E-state index is 0.194. The smallest absolute Gasteiger partial charge is 0.296 e. The van der Waals surface area contributed by atoms with Crippen LogP contribution in [0.5, 0.6) is 5.75 Å². The molecular formula is C11H8N2O4S. The molecule has 1 heterocycles. The van der Waals surface area contributed by atoms with E-state index in [-0.39, 0.29) is 17.1 Å². The predicted molar refractivity (Wildman–Crippen MR) is 67.0 cm³/mol. The van der Waals surface area contributed by atoms with Crippen molar-refractivity contribution < 1.29 is 14.8 Å². The molecule has 92 valence electrons. The van der Waals surface area contributed by atoms with Crippen LogP contribution < -0.4 is 5.32 Å². The number of phenols is 1. The van der Waals surface area contributed by atoms with Gasteiger partial charge in [0.05, 0.1) is 9.80 Å². The molecule has 1 amide bonds. The van der Waals surface area contributed by atoms with Crippen molar-refractivity contribution in [1.82, 2.24) is 0 Å². The van der Waals surface area contributed by atoms with Crippen molar-refractivity contribution in [2.75, 3.05) is 5.32 Å².